The van der Waals surface area contributed by atoms with Gasteiger partial charge in [-0.05, 0) is 41.4 Å². The molecule has 0 bridgehead atoms. The molecule has 3 rings (SSSR count). The molecular weight excluding hydrogens is 323 g/mol. The fourth-order valence-corrected chi connectivity index (χ4v) is 2.20. The minimum absolute atomic E-state index is 0.110. The smallest absolute Gasteiger partial charge is 0.322 e. The third kappa shape index (κ3) is 3.32. The molecule has 2 N–H and O–H groups in total. The van der Waals surface area contributed by atoms with Crippen LogP contribution in [0.1, 0.15) is 5.56 Å². The molecule has 1 heterocycles. The van der Waals surface area contributed by atoms with Crippen molar-refractivity contribution in [1.82, 2.24) is 14.8 Å². The van der Waals surface area contributed by atoms with Crippen molar-refractivity contribution in [1.29, 1.82) is 0 Å². The van der Waals surface area contributed by atoms with Crippen LogP contribution in [0.4, 0.5) is 5.69 Å². The zero-order valence-corrected chi connectivity index (χ0v) is 12.9. The summed E-state index contributed by atoms with van der Waals surface area (Å²) in [5.41, 5.74) is 7.38. The minimum atomic E-state index is 0.110. The van der Waals surface area contributed by atoms with E-state index in [2.05, 4.69) is 10.1 Å². The van der Waals surface area contributed by atoms with Crippen molar-refractivity contribution in [3.05, 3.63) is 64.4 Å². The van der Waals surface area contributed by atoms with Crippen LogP contribution in [0.3, 0.4) is 0 Å². The summed E-state index contributed by atoms with van der Waals surface area (Å²) in [7, 11) is 0. The highest BCUT2D eigenvalue weighted by atomic mass is 35.5. The number of aromatic nitrogens is 3. The van der Waals surface area contributed by atoms with Gasteiger partial charge in [0.1, 0.15) is 0 Å². The number of hydrogen-bond donors (Lipinski definition) is 1. The molecule has 1 aromatic heterocycles. The third-order valence-corrected chi connectivity index (χ3v) is 3.39. The topological polar surface area (TPSA) is 66.0 Å². The van der Waals surface area contributed by atoms with Crippen LogP contribution in [0.5, 0.6) is 11.8 Å². The Hall–Kier alpha value is -2.24. The van der Waals surface area contributed by atoms with Gasteiger partial charge < -0.3 is 10.5 Å². The summed E-state index contributed by atoms with van der Waals surface area (Å²) < 4.78 is 7.28. The first-order valence-electron chi connectivity index (χ1n) is 6.49. The Labute approximate surface area is 137 Å². The van der Waals surface area contributed by atoms with Gasteiger partial charge in [0.2, 0.25) is 5.28 Å². The van der Waals surface area contributed by atoms with Gasteiger partial charge in [-0.15, -0.1) is 5.10 Å². The second kappa shape index (κ2) is 6.25. The van der Waals surface area contributed by atoms with Crippen LogP contribution < -0.4 is 10.5 Å². The molecule has 5 nitrogen and oxygen atoms in total. The van der Waals surface area contributed by atoms with Crippen molar-refractivity contribution < 1.29 is 4.74 Å². The van der Waals surface area contributed by atoms with Crippen LogP contribution in [0.15, 0.2) is 48.5 Å². The number of anilines is 1. The molecule has 22 heavy (non-hydrogen) atoms. The Morgan fingerprint density at radius 1 is 1.05 bits per heavy atom. The number of ether oxygens (including phenoxy) is 1. The summed E-state index contributed by atoms with van der Waals surface area (Å²) in [6, 6.07) is 14.9. The van der Waals surface area contributed by atoms with E-state index in [0.717, 1.165) is 5.56 Å². The predicted molar refractivity (Wildman–Crippen MR) is 86.5 cm³/mol. The second-order valence-corrected chi connectivity index (χ2v) is 5.36. The van der Waals surface area contributed by atoms with Crippen LogP contribution in [0, 0.1) is 0 Å². The van der Waals surface area contributed by atoms with E-state index in [1.807, 2.05) is 36.4 Å². The number of benzene rings is 2. The third-order valence-electron chi connectivity index (χ3n) is 2.98. The fourth-order valence-electron chi connectivity index (χ4n) is 1.91. The Morgan fingerprint density at radius 2 is 1.77 bits per heavy atom. The van der Waals surface area contributed by atoms with Crippen molar-refractivity contribution in [3.8, 4) is 11.8 Å². The molecule has 0 spiro atoms. The summed E-state index contributed by atoms with van der Waals surface area (Å²) in [4.78, 5) is 4.07. The number of nitrogens with two attached hydrogens (primary N) is 1. The van der Waals surface area contributed by atoms with E-state index in [4.69, 9.17) is 33.7 Å². The molecule has 0 unspecified atom stereocenters. The lowest BCUT2D eigenvalue weighted by atomic mass is 10.2. The van der Waals surface area contributed by atoms with Gasteiger partial charge in [0.05, 0.1) is 12.2 Å². The SMILES string of the molecule is Nc1ccccc1Oc1nc(Cl)nn1Cc1ccc(Cl)cc1. The van der Waals surface area contributed by atoms with Crippen LogP contribution in [-0.4, -0.2) is 14.8 Å². The Balaban J connectivity index is 1.86. The summed E-state index contributed by atoms with van der Waals surface area (Å²) in [6.07, 6.45) is 0. The quantitative estimate of drug-likeness (QED) is 0.732. The fraction of sp³-hybridized carbons (Fsp3) is 0.0667. The van der Waals surface area contributed by atoms with Gasteiger partial charge in [-0.3, -0.25) is 0 Å². The predicted octanol–water partition coefficient (Wildman–Crippen LogP) is 4.01. The van der Waals surface area contributed by atoms with Crippen molar-refractivity contribution >= 4 is 28.9 Å². The zero-order chi connectivity index (χ0) is 15.5. The number of nitrogen functional groups attached to an aromatic ring is 1. The maximum Gasteiger partial charge on any atom is 0.322 e. The summed E-state index contributed by atoms with van der Waals surface area (Å²) >= 11 is 11.8. The van der Waals surface area contributed by atoms with E-state index in [0.29, 0.717) is 23.0 Å². The number of hydrogen-bond acceptors (Lipinski definition) is 4. The van der Waals surface area contributed by atoms with Crippen molar-refractivity contribution in [3.63, 3.8) is 0 Å². The molecule has 0 saturated heterocycles. The minimum Gasteiger partial charge on any atom is -0.422 e. The van der Waals surface area contributed by atoms with E-state index >= 15 is 0 Å². The summed E-state index contributed by atoms with van der Waals surface area (Å²) in [5, 5.41) is 4.91. The molecular formula is C15H12Cl2N4O. The summed E-state index contributed by atoms with van der Waals surface area (Å²) in [5.74, 6) is 0.504. The van der Waals surface area contributed by atoms with E-state index in [1.54, 1.807) is 16.8 Å². The van der Waals surface area contributed by atoms with Crippen LogP contribution in [0.25, 0.3) is 0 Å². The first kappa shape index (κ1) is 14.7. The molecule has 112 valence electrons. The second-order valence-electron chi connectivity index (χ2n) is 4.59. The van der Waals surface area contributed by atoms with E-state index < -0.39 is 0 Å². The average Bonchev–Trinajstić information content (AvgIpc) is 2.83. The lowest BCUT2D eigenvalue weighted by molar-refractivity contribution is 0.407. The first-order valence-corrected chi connectivity index (χ1v) is 7.24. The maximum absolute atomic E-state index is 5.89. The molecule has 0 saturated carbocycles. The molecule has 0 atom stereocenters. The van der Waals surface area contributed by atoms with Gasteiger partial charge in [0, 0.05) is 5.02 Å². The van der Waals surface area contributed by atoms with Crippen molar-refractivity contribution in [2.45, 2.75) is 6.54 Å². The summed E-state index contributed by atoms with van der Waals surface area (Å²) in [6.45, 7) is 0.457. The van der Waals surface area contributed by atoms with Crippen molar-refractivity contribution in [2.75, 3.05) is 5.73 Å². The van der Waals surface area contributed by atoms with E-state index in [1.165, 1.54) is 0 Å². The molecule has 0 aliphatic carbocycles. The molecule has 2 aromatic carbocycles. The molecule has 0 aliphatic rings. The Morgan fingerprint density at radius 3 is 2.50 bits per heavy atom. The Bertz CT molecular complexity index is 786. The standard InChI is InChI=1S/C15H12Cl2N4O/c16-11-7-5-10(6-8-11)9-21-15(19-14(17)20-21)22-13-4-2-1-3-12(13)18/h1-8H,9,18H2. The highest BCUT2D eigenvalue weighted by Gasteiger charge is 2.12. The number of para-hydroxylation sites is 2. The molecule has 0 amide bonds. The monoisotopic (exact) mass is 334 g/mol. The van der Waals surface area contributed by atoms with Gasteiger partial charge in [-0.2, -0.15) is 4.98 Å². The molecule has 0 aliphatic heterocycles. The first-order chi connectivity index (χ1) is 10.6. The lowest BCUT2D eigenvalue weighted by Crippen LogP contribution is -2.05. The molecule has 0 radical (unpaired) electrons. The van der Waals surface area contributed by atoms with Gasteiger partial charge in [-0.1, -0.05) is 35.9 Å². The van der Waals surface area contributed by atoms with Crippen molar-refractivity contribution in [2.24, 2.45) is 0 Å². The van der Waals surface area contributed by atoms with Gasteiger partial charge in [-0.25, -0.2) is 4.68 Å². The number of nitrogens with zero attached hydrogens (tertiary/aromatic N) is 3. The number of rotatable bonds is 4. The highest BCUT2D eigenvalue weighted by Crippen LogP contribution is 2.27. The van der Waals surface area contributed by atoms with Gasteiger partial charge in [0.15, 0.2) is 5.75 Å². The van der Waals surface area contributed by atoms with E-state index in [-0.39, 0.29) is 11.3 Å². The van der Waals surface area contributed by atoms with Gasteiger partial charge >= 0.3 is 6.01 Å². The Kier molecular flexibility index (Phi) is 4.18. The number of halogens is 2. The maximum atomic E-state index is 5.89. The molecule has 7 heteroatoms. The lowest BCUT2D eigenvalue weighted by Gasteiger charge is -2.09. The van der Waals surface area contributed by atoms with E-state index in [9.17, 15) is 0 Å². The normalized spacial score (nSPS) is 10.6. The molecule has 0 fully saturated rings. The zero-order valence-electron chi connectivity index (χ0n) is 11.4. The van der Waals surface area contributed by atoms with Crippen LogP contribution >= 0.6 is 23.2 Å². The average molecular weight is 335 g/mol. The highest BCUT2D eigenvalue weighted by molar-refractivity contribution is 6.30. The molecule has 3 aromatic rings. The van der Waals surface area contributed by atoms with Crippen LogP contribution in [-0.2, 0) is 6.54 Å². The van der Waals surface area contributed by atoms with Crippen LogP contribution in [0.2, 0.25) is 10.3 Å². The van der Waals surface area contributed by atoms with Gasteiger partial charge in [0.25, 0.3) is 0 Å². The largest absolute Gasteiger partial charge is 0.422 e.